The van der Waals surface area contributed by atoms with Crippen LogP contribution in [0.25, 0.3) is 0 Å². The van der Waals surface area contributed by atoms with E-state index in [0.29, 0.717) is 24.3 Å². The molecular weight excluding hydrogens is 260 g/mol. The number of aliphatic hydroxyl groups is 1. The molecule has 0 fully saturated rings. The van der Waals surface area contributed by atoms with Crippen molar-refractivity contribution in [3.8, 4) is 6.07 Å². The molecule has 2 unspecified atom stereocenters. The van der Waals surface area contributed by atoms with Gasteiger partial charge in [-0.25, -0.2) is 0 Å². The fourth-order valence-electron chi connectivity index (χ4n) is 1.82. The summed E-state index contributed by atoms with van der Waals surface area (Å²) < 4.78 is 5.17. The molecule has 0 amide bonds. The molecule has 5 heteroatoms. The van der Waals surface area contributed by atoms with Gasteiger partial charge >= 0.3 is 0 Å². The maximum atomic E-state index is 9.94. The molecule has 2 rings (SSSR count). The minimum Gasteiger partial charge on any atom is -0.467 e. The highest BCUT2D eigenvalue weighted by atomic mass is 32.1. The number of nitriles is 1. The Morgan fingerprint density at radius 2 is 2.42 bits per heavy atom. The van der Waals surface area contributed by atoms with E-state index in [0.717, 1.165) is 4.88 Å². The standard InChI is InChI=1S/C14H16N2O2S/c1-10(5-13(17)14-3-2-4-18-14)16-8-12-6-11(7-15)9-19-12/h2-4,6,9-10,13,16-17H,5,8H2,1H3. The topological polar surface area (TPSA) is 69.2 Å². The Balaban J connectivity index is 1.78. The number of furan rings is 1. The van der Waals surface area contributed by atoms with Gasteiger partial charge in [0.2, 0.25) is 0 Å². The molecule has 19 heavy (non-hydrogen) atoms. The van der Waals surface area contributed by atoms with Crippen LogP contribution in [0, 0.1) is 11.3 Å². The number of thiophene rings is 1. The van der Waals surface area contributed by atoms with Crippen molar-refractivity contribution in [1.82, 2.24) is 5.32 Å². The van der Waals surface area contributed by atoms with Crippen LogP contribution in [0.5, 0.6) is 0 Å². The van der Waals surface area contributed by atoms with E-state index in [1.54, 1.807) is 29.7 Å². The van der Waals surface area contributed by atoms with Crippen molar-refractivity contribution in [3.63, 3.8) is 0 Å². The lowest BCUT2D eigenvalue weighted by atomic mass is 10.1. The third kappa shape index (κ3) is 3.93. The summed E-state index contributed by atoms with van der Waals surface area (Å²) in [5.74, 6) is 0.594. The fourth-order valence-corrected chi connectivity index (χ4v) is 2.58. The molecule has 4 nitrogen and oxygen atoms in total. The molecule has 0 aromatic carbocycles. The third-order valence-electron chi connectivity index (χ3n) is 2.86. The van der Waals surface area contributed by atoms with Gasteiger partial charge in [-0.15, -0.1) is 11.3 Å². The molecule has 2 aromatic rings. The Labute approximate surface area is 116 Å². The number of aliphatic hydroxyl groups excluding tert-OH is 1. The van der Waals surface area contributed by atoms with Crippen molar-refractivity contribution in [1.29, 1.82) is 5.26 Å². The van der Waals surface area contributed by atoms with Gasteiger partial charge in [-0.1, -0.05) is 0 Å². The molecule has 0 bridgehead atoms. The van der Waals surface area contributed by atoms with E-state index in [1.807, 2.05) is 18.4 Å². The predicted octanol–water partition coefficient (Wildman–Crippen LogP) is 2.81. The average Bonchev–Trinajstić information content (AvgIpc) is 3.07. The molecule has 0 aliphatic heterocycles. The molecule has 2 atom stereocenters. The number of rotatable bonds is 6. The zero-order valence-electron chi connectivity index (χ0n) is 10.7. The molecule has 2 heterocycles. The molecular formula is C14H16N2O2S. The summed E-state index contributed by atoms with van der Waals surface area (Å²) in [6, 6.07) is 7.70. The van der Waals surface area contributed by atoms with Gasteiger partial charge in [-0.3, -0.25) is 0 Å². The van der Waals surface area contributed by atoms with Gasteiger partial charge in [-0.2, -0.15) is 5.26 Å². The highest BCUT2D eigenvalue weighted by molar-refractivity contribution is 7.10. The summed E-state index contributed by atoms with van der Waals surface area (Å²) in [6.45, 7) is 2.73. The lowest BCUT2D eigenvalue weighted by Gasteiger charge is -2.16. The van der Waals surface area contributed by atoms with Gasteiger partial charge < -0.3 is 14.8 Å². The van der Waals surface area contributed by atoms with Crippen LogP contribution in [0.1, 0.15) is 35.6 Å². The zero-order valence-corrected chi connectivity index (χ0v) is 11.5. The summed E-state index contributed by atoms with van der Waals surface area (Å²) in [4.78, 5) is 1.12. The Morgan fingerprint density at radius 1 is 1.58 bits per heavy atom. The first-order valence-electron chi connectivity index (χ1n) is 6.11. The van der Waals surface area contributed by atoms with Crippen LogP contribution in [0.3, 0.4) is 0 Å². The maximum Gasteiger partial charge on any atom is 0.132 e. The normalized spacial score (nSPS) is 13.9. The van der Waals surface area contributed by atoms with Crippen LogP contribution in [0.4, 0.5) is 0 Å². The first kappa shape index (κ1) is 13.8. The van der Waals surface area contributed by atoms with Gasteiger partial charge in [-0.05, 0) is 31.5 Å². The van der Waals surface area contributed by atoms with Crippen molar-refractivity contribution in [2.45, 2.75) is 32.0 Å². The molecule has 0 aliphatic carbocycles. The van der Waals surface area contributed by atoms with Crippen molar-refractivity contribution >= 4 is 11.3 Å². The molecule has 0 aliphatic rings. The fraction of sp³-hybridized carbons (Fsp3) is 0.357. The maximum absolute atomic E-state index is 9.94. The lowest BCUT2D eigenvalue weighted by molar-refractivity contribution is 0.128. The van der Waals surface area contributed by atoms with Crippen LogP contribution in [-0.4, -0.2) is 11.1 Å². The molecule has 2 aromatic heterocycles. The third-order valence-corrected chi connectivity index (χ3v) is 3.79. The van der Waals surface area contributed by atoms with E-state index < -0.39 is 6.10 Å². The molecule has 0 radical (unpaired) electrons. The molecule has 0 spiro atoms. The zero-order chi connectivity index (χ0) is 13.7. The van der Waals surface area contributed by atoms with Crippen molar-refractivity contribution in [2.24, 2.45) is 0 Å². The van der Waals surface area contributed by atoms with Crippen LogP contribution in [0.15, 0.2) is 34.3 Å². The smallest absolute Gasteiger partial charge is 0.132 e. The van der Waals surface area contributed by atoms with E-state index >= 15 is 0 Å². The second kappa shape index (κ2) is 6.53. The SMILES string of the molecule is CC(CC(O)c1ccco1)NCc1cc(C#N)cs1. The van der Waals surface area contributed by atoms with Gasteiger partial charge in [0.25, 0.3) is 0 Å². The second-order valence-corrected chi connectivity index (χ2v) is 5.46. The van der Waals surface area contributed by atoms with Crippen molar-refractivity contribution in [2.75, 3.05) is 0 Å². The monoisotopic (exact) mass is 276 g/mol. The summed E-state index contributed by atoms with van der Waals surface area (Å²) >= 11 is 1.57. The minimum atomic E-state index is -0.587. The van der Waals surface area contributed by atoms with Crippen molar-refractivity contribution in [3.05, 3.63) is 46.0 Å². The predicted molar refractivity (Wildman–Crippen MR) is 73.6 cm³/mol. The highest BCUT2D eigenvalue weighted by Gasteiger charge is 2.14. The second-order valence-electron chi connectivity index (χ2n) is 4.46. The van der Waals surface area contributed by atoms with Gasteiger partial charge in [0.15, 0.2) is 0 Å². The van der Waals surface area contributed by atoms with Crippen LogP contribution < -0.4 is 5.32 Å². The molecule has 2 N–H and O–H groups in total. The number of hydrogen-bond acceptors (Lipinski definition) is 5. The van der Waals surface area contributed by atoms with Crippen LogP contribution in [-0.2, 0) is 6.54 Å². The lowest BCUT2D eigenvalue weighted by Crippen LogP contribution is -2.27. The Morgan fingerprint density at radius 3 is 3.05 bits per heavy atom. The number of nitrogens with one attached hydrogen (secondary N) is 1. The summed E-state index contributed by atoms with van der Waals surface area (Å²) in [6.07, 6.45) is 1.56. The largest absolute Gasteiger partial charge is 0.467 e. The Bertz CT molecular complexity index is 542. The molecule has 0 saturated heterocycles. The van der Waals surface area contributed by atoms with E-state index in [9.17, 15) is 5.11 Å². The van der Waals surface area contributed by atoms with Crippen molar-refractivity contribution < 1.29 is 9.52 Å². The Hall–Kier alpha value is -1.61. The number of nitrogens with zero attached hydrogens (tertiary/aromatic N) is 1. The van der Waals surface area contributed by atoms with Crippen LogP contribution >= 0.6 is 11.3 Å². The average molecular weight is 276 g/mol. The Kier molecular flexibility index (Phi) is 4.74. The van der Waals surface area contributed by atoms with Gasteiger partial charge in [0, 0.05) is 22.8 Å². The van der Waals surface area contributed by atoms with E-state index in [1.165, 1.54) is 0 Å². The minimum absolute atomic E-state index is 0.160. The number of hydrogen-bond donors (Lipinski definition) is 2. The first-order chi connectivity index (χ1) is 9.19. The molecule has 0 saturated carbocycles. The quantitative estimate of drug-likeness (QED) is 0.851. The van der Waals surface area contributed by atoms with Gasteiger partial charge in [0.1, 0.15) is 17.9 Å². The molecule has 100 valence electrons. The van der Waals surface area contributed by atoms with Crippen LogP contribution in [0.2, 0.25) is 0 Å². The van der Waals surface area contributed by atoms with E-state index in [-0.39, 0.29) is 6.04 Å². The summed E-state index contributed by atoms with van der Waals surface area (Å²) in [5, 5.41) is 23.9. The van der Waals surface area contributed by atoms with E-state index in [4.69, 9.17) is 9.68 Å². The van der Waals surface area contributed by atoms with Gasteiger partial charge in [0.05, 0.1) is 11.8 Å². The summed E-state index contributed by atoms with van der Waals surface area (Å²) in [5.41, 5.74) is 0.699. The summed E-state index contributed by atoms with van der Waals surface area (Å²) in [7, 11) is 0. The highest BCUT2D eigenvalue weighted by Crippen LogP contribution is 2.19. The first-order valence-corrected chi connectivity index (χ1v) is 6.99. The van der Waals surface area contributed by atoms with E-state index in [2.05, 4.69) is 11.4 Å².